The Morgan fingerprint density at radius 3 is 2.21 bits per heavy atom. The Balaban J connectivity index is 2.60. The molecule has 1 saturated heterocycles. The molecule has 0 saturated carbocycles. The van der Waals surface area contributed by atoms with Crippen molar-refractivity contribution in [2.24, 2.45) is 17.3 Å². The third kappa shape index (κ3) is 4.30. The standard InChI is InChI=1S/C15H27NO3/c1-6-19-14(18)15(4,5)13(17)10-16-8-11(2)7-12(3)9-16/h11-12H,6-10H2,1-5H3. The molecule has 0 aromatic rings. The van der Waals surface area contributed by atoms with Crippen LogP contribution in [0.4, 0.5) is 0 Å². The highest BCUT2D eigenvalue weighted by atomic mass is 16.5. The molecule has 0 aromatic carbocycles. The van der Waals surface area contributed by atoms with Gasteiger partial charge in [0.05, 0.1) is 13.2 Å². The van der Waals surface area contributed by atoms with E-state index >= 15 is 0 Å². The van der Waals surface area contributed by atoms with Crippen molar-refractivity contribution in [3.8, 4) is 0 Å². The van der Waals surface area contributed by atoms with E-state index < -0.39 is 11.4 Å². The molecule has 1 heterocycles. The van der Waals surface area contributed by atoms with E-state index in [1.807, 2.05) is 0 Å². The molecule has 2 unspecified atom stereocenters. The van der Waals surface area contributed by atoms with Crippen LogP contribution in [0.5, 0.6) is 0 Å². The number of Topliss-reactive ketones (excluding diaryl/α,β-unsaturated/α-hetero) is 1. The maximum atomic E-state index is 12.3. The molecule has 19 heavy (non-hydrogen) atoms. The first kappa shape index (κ1) is 16.2. The summed E-state index contributed by atoms with van der Waals surface area (Å²) >= 11 is 0. The number of nitrogens with zero attached hydrogens (tertiary/aromatic N) is 1. The Hall–Kier alpha value is -0.900. The number of ketones is 1. The van der Waals surface area contributed by atoms with Gasteiger partial charge < -0.3 is 4.74 Å². The maximum Gasteiger partial charge on any atom is 0.319 e. The fraction of sp³-hybridized carbons (Fsp3) is 0.867. The van der Waals surface area contributed by atoms with E-state index in [1.165, 1.54) is 6.42 Å². The van der Waals surface area contributed by atoms with E-state index in [4.69, 9.17) is 4.74 Å². The Labute approximate surface area is 116 Å². The van der Waals surface area contributed by atoms with Crippen molar-refractivity contribution in [3.63, 3.8) is 0 Å². The van der Waals surface area contributed by atoms with Gasteiger partial charge in [0.2, 0.25) is 0 Å². The van der Waals surface area contributed by atoms with Crippen molar-refractivity contribution < 1.29 is 14.3 Å². The second kappa shape index (κ2) is 6.51. The van der Waals surface area contributed by atoms with Crippen LogP contribution in [-0.4, -0.2) is 42.9 Å². The van der Waals surface area contributed by atoms with E-state index in [0.717, 1.165) is 13.1 Å². The first-order chi connectivity index (χ1) is 8.77. The smallest absolute Gasteiger partial charge is 0.319 e. The number of esters is 1. The van der Waals surface area contributed by atoms with Crippen molar-refractivity contribution in [1.82, 2.24) is 4.90 Å². The van der Waals surface area contributed by atoms with Crippen molar-refractivity contribution in [3.05, 3.63) is 0 Å². The molecule has 0 spiro atoms. The van der Waals surface area contributed by atoms with Crippen molar-refractivity contribution >= 4 is 11.8 Å². The van der Waals surface area contributed by atoms with Gasteiger partial charge >= 0.3 is 5.97 Å². The summed E-state index contributed by atoms with van der Waals surface area (Å²) < 4.78 is 4.98. The van der Waals surface area contributed by atoms with Crippen LogP contribution in [0.2, 0.25) is 0 Å². The molecule has 0 N–H and O–H groups in total. The van der Waals surface area contributed by atoms with Gasteiger partial charge in [-0.1, -0.05) is 13.8 Å². The molecular formula is C15H27NO3. The highest BCUT2D eigenvalue weighted by Gasteiger charge is 2.38. The minimum Gasteiger partial charge on any atom is -0.465 e. The fourth-order valence-electron chi connectivity index (χ4n) is 2.75. The van der Waals surface area contributed by atoms with E-state index in [1.54, 1.807) is 20.8 Å². The normalized spacial score (nSPS) is 25.1. The second-order valence-electron chi connectivity index (χ2n) is 6.41. The maximum absolute atomic E-state index is 12.3. The highest BCUT2D eigenvalue weighted by molar-refractivity contribution is 6.03. The summed E-state index contributed by atoms with van der Waals surface area (Å²) in [5, 5.41) is 0. The Morgan fingerprint density at radius 1 is 1.21 bits per heavy atom. The topological polar surface area (TPSA) is 46.6 Å². The molecule has 0 radical (unpaired) electrons. The zero-order valence-electron chi connectivity index (χ0n) is 12.9. The summed E-state index contributed by atoms with van der Waals surface area (Å²) in [6.45, 7) is 12.0. The van der Waals surface area contributed by atoms with Gasteiger partial charge in [0.25, 0.3) is 0 Å². The SMILES string of the molecule is CCOC(=O)C(C)(C)C(=O)CN1CC(C)CC(C)C1. The number of carbonyl (C=O) groups is 2. The molecule has 2 atom stereocenters. The minimum absolute atomic E-state index is 0.0488. The lowest BCUT2D eigenvalue weighted by Gasteiger charge is -2.35. The number of carbonyl (C=O) groups excluding carboxylic acids is 2. The van der Waals surface area contributed by atoms with Gasteiger partial charge in [0.1, 0.15) is 5.41 Å². The molecule has 4 nitrogen and oxygen atoms in total. The van der Waals surface area contributed by atoms with Gasteiger partial charge in [-0.2, -0.15) is 0 Å². The third-order valence-electron chi connectivity index (χ3n) is 3.79. The predicted octanol–water partition coefficient (Wildman–Crippen LogP) is 2.12. The van der Waals surface area contributed by atoms with Crippen molar-refractivity contribution in [2.45, 2.75) is 41.0 Å². The van der Waals surface area contributed by atoms with Crippen molar-refractivity contribution in [2.75, 3.05) is 26.2 Å². The van der Waals surface area contributed by atoms with Gasteiger partial charge in [-0.15, -0.1) is 0 Å². The fourth-order valence-corrected chi connectivity index (χ4v) is 2.75. The lowest BCUT2D eigenvalue weighted by Crippen LogP contribution is -2.46. The Bertz CT molecular complexity index is 328. The van der Waals surface area contributed by atoms with Gasteiger partial charge in [0.15, 0.2) is 5.78 Å². The van der Waals surface area contributed by atoms with Gasteiger partial charge in [-0.25, -0.2) is 0 Å². The van der Waals surface area contributed by atoms with E-state index in [9.17, 15) is 9.59 Å². The molecule has 4 heteroatoms. The Kier molecular flexibility index (Phi) is 5.53. The van der Waals surface area contributed by atoms with Gasteiger partial charge in [-0.05, 0) is 39.0 Å². The lowest BCUT2D eigenvalue weighted by molar-refractivity contribution is -0.158. The zero-order chi connectivity index (χ0) is 14.6. The van der Waals surface area contributed by atoms with Crippen LogP contribution in [0.3, 0.4) is 0 Å². The van der Waals surface area contributed by atoms with E-state index in [0.29, 0.717) is 25.0 Å². The summed E-state index contributed by atoms with van der Waals surface area (Å²) in [4.78, 5) is 26.3. The van der Waals surface area contributed by atoms with Crippen LogP contribution in [0.15, 0.2) is 0 Å². The summed E-state index contributed by atoms with van der Waals surface area (Å²) in [6, 6.07) is 0. The summed E-state index contributed by atoms with van der Waals surface area (Å²) in [5.41, 5.74) is -1.04. The first-order valence-electron chi connectivity index (χ1n) is 7.20. The van der Waals surface area contributed by atoms with Crippen LogP contribution in [0.25, 0.3) is 0 Å². The summed E-state index contributed by atoms with van der Waals surface area (Å²) in [6.07, 6.45) is 1.21. The Morgan fingerprint density at radius 2 is 1.74 bits per heavy atom. The molecule has 1 rings (SSSR count). The van der Waals surface area contributed by atoms with Gasteiger partial charge in [-0.3, -0.25) is 14.5 Å². The molecule has 0 aromatic heterocycles. The molecule has 1 aliphatic heterocycles. The van der Waals surface area contributed by atoms with Crippen molar-refractivity contribution in [1.29, 1.82) is 0 Å². The van der Waals surface area contributed by atoms with Crippen LogP contribution in [-0.2, 0) is 14.3 Å². The highest BCUT2D eigenvalue weighted by Crippen LogP contribution is 2.24. The summed E-state index contributed by atoms with van der Waals surface area (Å²) in [5.74, 6) is 0.759. The van der Waals surface area contributed by atoms with Crippen LogP contribution >= 0.6 is 0 Å². The van der Waals surface area contributed by atoms with E-state index in [2.05, 4.69) is 18.7 Å². The summed E-state index contributed by atoms with van der Waals surface area (Å²) in [7, 11) is 0. The first-order valence-corrected chi connectivity index (χ1v) is 7.20. The molecule has 1 aliphatic rings. The number of ether oxygens (including phenoxy) is 1. The van der Waals surface area contributed by atoms with Crippen LogP contribution in [0, 0.1) is 17.3 Å². The third-order valence-corrected chi connectivity index (χ3v) is 3.79. The quantitative estimate of drug-likeness (QED) is 0.566. The lowest BCUT2D eigenvalue weighted by atomic mass is 9.86. The number of likely N-dealkylation sites (tertiary alicyclic amines) is 1. The largest absolute Gasteiger partial charge is 0.465 e. The van der Waals surface area contributed by atoms with Gasteiger partial charge in [0, 0.05) is 13.1 Å². The van der Waals surface area contributed by atoms with Crippen LogP contribution in [0.1, 0.15) is 41.0 Å². The average molecular weight is 269 g/mol. The number of rotatable bonds is 5. The average Bonchev–Trinajstić information content (AvgIpc) is 2.27. The molecule has 1 fully saturated rings. The molecule has 0 bridgehead atoms. The molecule has 0 amide bonds. The number of hydrogen-bond acceptors (Lipinski definition) is 4. The van der Waals surface area contributed by atoms with Crippen LogP contribution < -0.4 is 0 Å². The number of hydrogen-bond donors (Lipinski definition) is 0. The molecule has 0 aliphatic carbocycles. The molecular weight excluding hydrogens is 242 g/mol. The monoisotopic (exact) mass is 269 g/mol. The zero-order valence-corrected chi connectivity index (χ0v) is 12.9. The molecule has 110 valence electrons. The number of piperidine rings is 1. The van der Waals surface area contributed by atoms with E-state index in [-0.39, 0.29) is 5.78 Å². The minimum atomic E-state index is -1.04. The second-order valence-corrected chi connectivity index (χ2v) is 6.41. The predicted molar refractivity (Wildman–Crippen MR) is 74.8 cm³/mol.